The fourth-order valence-corrected chi connectivity index (χ4v) is 3.31. The molecule has 1 amide bonds. The summed E-state index contributed by atoms with van der Waals surface area (Å²) in [4.78, 5) is 14.3. The number of phenols is 1. The molecule has 0 aromatic heterocycles. The van der Waals surface area contributed by atoms with E-state index in [0.29, 0.717) is 31.1 Å². The van der Waals surface area contributed by atoms with E-state index in [1.165, 1.54) is 17.7 Å². The smallest absolute Gasteiger partial charge is 0.222 e. The fraction of sp³-hybridized carbons (Fsp3) is 0.381. The number of piperidine rings is 1. The molecule has 2 aromatic carbocycles. The van der Waals surface area contributed by atoms with Gasteiger partial charge in [0.05, 0.1) is 6.61 Å². The highest BCUT2D eigenvalue weighted by Gasteiger charge is 2.23. The molecule has 1 aliphatic heterocycles. The van der Waals surface area contributed by atoms with E-state index in [9.17, 15) is 14.3 Å². The molecule has 5 heteroatoms. The quantitative estimate of drug-likeness (QED) is 0.792. The van der Waals surface area contributed by atoms with Crippen LogP contribution in [0.2, 0.25) is 0 Å². The molecular formula is C21H24FNO3. The first-order valence-corrected chi connectivity index (χ1v) is 9.07. The molecule has 1 saturated heterocycles. The zero-order valence-electron chi connectivity index (χ0n) is 14.7. The summed E-state index contributed by atoms with van der Waals surface area (Å²) in [6, 6.07) is 13.3. The molecule has 3 rings (SSSR count). The van der Waals surface area contributed by atoms with Crippen molar-refractivity contribution in [3.8, 4) is 11.5 Å². The Morgan fingerprint density at radius 2 is 1.73 bits per heavy atom. The molecular weight excluding hydrogens is 333 g/mol. The first-order valence-electron chi connectivity index (χ1n) is 9.07. The Morgan fingerprint density at radius 1 is 1.08 bits per heavy atom. The van der Waals surface area contributed by atoms with Crippen molar-refractivity contribution in [1.82, 2.24) is 4.90 Å². The van der Waals surface area contributed by atoms with Crippen LogP contribution in [0.25, 0.3) is 0 Å². The number of aromatic hydroxyl groups is 1. The van der Waals surface area contributed by atoms with Gasteiger partial charge in [0, 0.05) is 19.5 Å². The standard InChI is InChI=1S/C21H24FNO3/c22-18-5-9-20(10-6-18)26-15-1-2-21(25)23-13-11-17(12-14-23)16-3-7-19(24)8-4-16/h3-10,17,24H,1-2,11-15H2. The third-order valence-electron chi connectivity index (χ3n) is 4.83. The number of amides is 1. The van der Waals surface area contributed by atoms with Crippen LogP contribution >= 0.6 is 0 Å². The average Bonchev–Trinajstić information content (AvgIpc) is 2.67. The maximum Gasteiger partial charge on any atom is 0.222 e. The molecule has 1 fully saturated rings. The molecule has 26 heavy (non-hydrogen) atoms. The zero-order valence-corrected chi connectivity index (χ0v) is 14.7. The van der Waals surface area contributed by atoms with Gasteiger partial charge in [-0.3, -0.25) is 4.79 Å². The number of phenolic OH excluding ortho intramolecular Hbond substituents is 1. The van der Waals surface area contributed by atoms with Gasteiger partial charge in [0.15, 0.2) is 0 Å². The summed E-state index contributed by atoms with van der Waals surface area (Å²) in [5, 5.41) is 9.38. The number of likely N-dealkylation sites (tertiary alicyclic amines) is 1. The normalized spacial score (nSPS) is 15.0. The van der Waals surface area contributed by atoms with Gasteiger partial charge in [-0.1, -0.05) is 12.1 Å². The second kappa shape index (κ2) is 8.70. The molecule has 4 nitrogen and oxygen atoms in total. The lowest BCUT2D eigenvalue weighted by Crippen LogP contribution is -2.37. The summed E-state index contributed by atoms with van der Waals surface area (Å²) in [6.45, 7) is 1.98. The number of nitrogens with zero attached hydrogens (tertiary/aromatic N) is 1. The molecule has 1 heterocycles. The number of halogens is 1. The van der Waals surface area contributed by atoms with Crippen LogP contribution in [0, 0.1) is 5.82 Å². The van der Waals surface area contributed by atoms with Crippen molar-refractivity contribution in [3.63, 3.8) is 0 Å². The lowest BCUT2D eigenvalue weighted by Gasteiger charge is -2.32. The Balaban J connectivity index is 1.37. The second-order valence-electron chi connectivity index (χ2n) is 6.65. The van der Waals surface area contributed by atoms with Crippen LogP contribution in [0.3, 0.4) is 0 Å². The Kier molecular flexibility index (Phi) is 6.10. The van der Waals surface area contributed by atoms with E-state index in [1.807, 2.05) is 17.0 Å². The molecule has 0 aliphatic carbocycles. The Morgan fingerprint density at radius 3 is 2.38 bits per heavy atom. The number of hydrogen-bond acceptors (Lipinski definition) is 3. The van der Waals surface area contributed by atoms with Gasteiger partial charge in [0.2, 0.25) is 5.91 Å². The molecule has 0 spiro atoms. The Bertz CT molecular complexity index is 707. The average molecular weight is 357 g/mol. The molecule has 0 atom stereocenters. The van der Waals surface area contributed by atoms with E-state index < -0.39 is 0 Å². The zero-order chi connectivity index (χ0) is 18.4. The van der Waals surface area contributed by atoms with Crippen molar-refractivity contribution < 1.29 is 19.0 Å². The van der Waals surface area contributed by atoms with Crippen LogP contribution in [0.15, 0.2) is 48.5 Å². The SMILES string of the molecule is O=C(CCCOc1ccc(F)cc1)N1CCC(c2ccc(O)cc2)CC1. The number of benzene rings is 2. The number of carbonyl (C=O) groups excluding carboxylic acids is 1. The van der Waals surface area contributed by atoms with Crippen LogP contribution < -0.4 is 4.74 Å². The van der Waals surface area contributed by atoms with E-state index in [2.05, 4.69) is 0 Å². The third-order valence-corrected chi connectivity index (χ3v) is 4.83. The first kappa shape index (κ1) is 18.2. The minimum Gasteiger partial charge on any atom is -0.508 e. The highest BCUT2D eigenvalue weighted by atomic mass is 19.1. The highest BCUT2D eigenvalue weighted by Crippen LogP contribution is 2.29. The molecule has 0 saturated carbocycles. The summed E-state index contributed by atoms with van der Waals surface area (Å²) in [5.74, 6) is 1.22. The van der Waals surface area contributed by atoms with E-state index >= 15 is 0 Å². The van der Waals surface area contributed by atoms with Gasteiger partial charge >= 0.3 is 0 Å². The van der Waals surface area contributed by atoms with E-state index in [1.54, 1.807) is 24.3 Å². The Labute approximate surface area is 153 Å². The summed E-state index contributed by atoms with van der Waals surface area (Å²) in [5.41, 5.74) is 1.22. The molecule has 2 aromatic rings. The van der Waals surface area contributed by atoms with E-state index in [0.717, 1.165) is 25.9 Å². The first-order chi connectivity index (χ1) is 12.6. The number of rotatable bonds is 6. The maximum atomic E-state index is 12.8. The minimum absolute atomic E-state index is 0.164. The summed E-state index contributed by atoms with van der Waals surface area (Å²) in [7, 11) is 0. The van der Waals surface area contributed by atoms with Gasteiger partial charge < -0.3 is 14.7 Å². The predicted molar refractivity (Wildman–Crippen MR) is 97.8 cm³/mol. The minimum atomic E-state index is -0.289. The van der Waals surface area contributed by atoms with Crippen LogP contribution in [0.5, 0.6) is 11.5 Å². The second-order valence-corrected chi connectivity index (χ2v) is 6.65. The number of ether oxygens (including phenoxy) is 1. The van der Waals surface area contributed by atoms with Crippen LogP contribution in [0.1, 0.15) is 37.2 Å². The topological polar surface area (TPSA) is 49.8 Å². The van der Waals surface area contributed by atoms with Crippen LogP contribution in [0.4, 0.5) is 4.39 Å². The Hall–Kier alpha value is -2.56. The number of hydrogen-bond donors (Lipinski definition) is 1. The molecule has 0 radical (unpaired) electrons. The van der Waals surface area contributed by atoms with Gasteiger partial charge in [-0.05, 0) is 67.1 Å². The predicted octanol–water partition coefficient (Wildman–Crippen LogP) is 4.10. The fourth-order valence-electron chi connectivity index (χ4n) is 3.31. The lowest BCUT2D eigenvalue weighted by molar-refractivity contribution is -0.132. The lowest BCUT2D eigenvalue weighted by atomic mass is 9.89. The van der Waals surface area contributed by atoms with E-state index in [4.69, 9.17) is 4.74 Å². The van der Waals surface area contributed by atoms with Gasteiger partial charge in [-0.15, -0.1) is 0 Å². The van der Waals surface area contributed by atoms with Crippen LogP contribution in [-0.2, 0) is 4.79 Å². The summed E-state index contributed by atoms with van der Waals surface area (Å²) >= 11 is 0. The maximum absolute atomic E-state index is 12.8. The van der Waals surface area contributed by atoms with Gasteiger partial charge in [0.25, 0.3) is 0 Å². The molecule has 0 unspecified atom stereocenters. The summed E-state index contributed by atoms with van der Waals surface area (Å²) < 4.78 is 18.3. The van der Waals surface area contributed by atoms with Crippen LogP contribution in [-0.4, -0.2) is 35.6 Å². The molecule has 1 aliphatic rings. The van der Waals surface area contributed by atoms with Crippen molar-refractivity contribution in [2.75, 3.05) is 19.7 Å². The highest BCUT2D eigenvalue weighted by molar-refractivity contribution is 5.76. The van der Waals surface area contributed by atoms with Crippen molar-refractivity contribution in [2.45, 2.75) is 31.6 Å². The summed E-state index contributed by atoms with van der Waals surface area (Å²) in [6.07, 6.45) is 3.00. The molecule has 138 valence electrons. The largest absolute Gasteiger partial charge is 0.508 e. The van der Waals surface area contributed by atoms with Gasteiger partial charge in [-0.25, -0.2) is 4.39 Å². The molecule has 0 bridgehead atoms. The van der Waals surface area contributed by atoms with Crippen molar-refractivity contribution in [1.29, 1.82) is 0 Å². The molecule has 1 N–H and O–H groups in total. The van der Waals surface area contributed by atoms with Crippen molar-refractivity contribution in [2.24, 2.45) is 0 Å². The van der Waals surface area contributed by atoms with Gasteiger partial charge in [0.1, 0.15) is 17.3 Å². The monoisotopic (exact) mass is 357 g/mol. The van der Waals surface area contributed by atoms with E-state index in [-0.39, 0.29) is 17.5 Å². The van der Waals surface area contributed by atoms with Crippen molar-refractivity contribution in [3.05, 3.63) is 59.9 Å². The van der Waals surface area contributed by atoms with Gasteiger partial charge in [-0.2, -0.15) is 0 Å². The van der Waals surface area contributed by atoms with Crippen molar-refractivity contribution >= 4 is 5.91 Å². The third kappa shape index (κ3) is 4.97. The number of carbonyl (C=O) groups is 1.